The molecule has 2 heterocycles. The first kappa shape index (κ1) is 23.1. The standard InChI is InChI=1S/C17H16N2O7S.K/c20-6-9-7-27-15-11(14(22)19(15)12(9)17(25)26)18-13(21)10(16(23)24)8-4-2-1-3-5-8;/h1-5,10-11,15,20H,6-7H2,(H,18,21)(H,23,24)(H,25,26);/q;+1/p-1/t10?,11?,15-;/m1./s1. The Labute approximate surface area is 206 Å². The molecule has 28 heavy (non-hydrogen) atoms. The smallest absolute Gasteiger partial charge is 0.543 e. The molecule has 3 rings (SSSR count). The number of carboxylic acids is 2. The molecule has 1 aromatic rings. The van der Waals surface area contributed by atoms with Crippen LogP contribution in [0.5, 0.6) is 0 Å². The third-order valence-corrected chi connectivity index (χ3v) is 5.71. The SMILES string of the molecule is O=C([O-])C1=C(CO)CS[C@@H]2C(NC(=O)C(C(=O)O)c3ccccc3)C(=O)N12.[K+]. The zero-order chi connectivity index (χ0) is 19.7. The number of nitrogens with one attached hydrogen (secondary N) is 1. The molecule has 0 bridgehead atoms. The molecule has 2 amide bonds. The third-order valence-electron chi connectivity index (χ3n) is 4.37. The molecule has 3 atom stereocenters. The van der Waals surface area contributed by atoms with Gasteiger partial charge in [0.15, 0.2) is 5.92 Å². The molecule has 0 aromatic heterocycles. The number of aliphatic hydroxyl groups excluding tert-OH is 1. The molecule has 2 aliphatic heterocycles. The van der Waals surface area contributed by atoms with Crippen molar-refractivity contribution in [2.45, 2.75) is 17.3 Å². The van der Waals surface area contributed by atoms with Crippen LogP contribution in [0.2, 0.25) is 0 Å². The van der Waals surface area contributed by atoms with Crippen molar-refractivity contribution in [3.05, 3.63) is 47.2 Å². The summed E-state index contributed by atoms with van der Waals surface area (Å²) in [5, 5.41) is 31.7. The van der Waals surface area contributed by atoms with Crippen molar-refractivity contribution in [2.75, 3.05) is 12.4 Å². The number of benzene rings is 1. The van der Waals surface area contributed by atoms with E-state index in [9.17, 15) is 34.5 Å². The van der Waals surface area contributed by atoms with Gasteiger partial charge in [-0.2, -0.15) is 0 Å². The van der Waals surface area contributed by atoms with Gasteiger partial charge in [0, 0.05) is 5.75 Å². The van der Waals surface area contributed by atoms with Crippen molar-refractivity contribution in [3.8, 4) is 0 Å². The van der Waals surface area contributed by atoms with E-state index in [1.165, 1.54) is 23.9 Å². The summed E-state index contributed by atoms with van der Waals surface area (Å²) in [6, 6.07) is 6.81. The number of nitrogens with zero attached hydrogens (tertiary/aromatic N) is 1. The average Bonchev–Trinajstić information content (AvgIpc) is 2.65. The van der Waals surface area contributed by atoms with E-state index in [0.29, 0.717) is 0 Å². The second kappa shape index (κ2) is 9.52. The van der Waals surface area contributed by atoms with Gasteiger partial charge in [-0.25, -0.2) is 0 Å². The van der Waals surface area contributed by atoms with Crippen molar-refractivity contribution >= 4 is 35.5 Å². The molecular weight excluding hydrogens is 415 g/mol. The Morgan fingerprint density at radius 2 is 1.93 bits per heavy atom. The maximum Gasteiger partial charge on any atom is 1.00 e. The minimum Gasteiger partial charge on any atom is -0.543 e. The number of hydrogen-bond donors (Lipinski definition) is 3. The van der Waals surface area contributed by atoms with Crippen LogP contribution in [0.25, 0.3) is 0 Å². The van der Waals surface area contributed by atoms with E-state index in [0.717, 1.165) is 4.90 Å². The van der Waals surface area contributed by atoms with E-state index in [2.05, 4.69) is 5.32 Å². The molecule has 2 unspecified atom stereocenters. The minimum absolute atomic E-state index is 0. The topological polar surface area (TPSA) is 147 Å². The zero-order valence-corrected chi connectivity index (χ0v) is 18.8. The number of carbonyl (C=O) groups is 4. The molecule has 0 spiro atoms. The van der Waals surface area contributed by atoms with Crippen molar-refractivity contribution in [2.24, 2.45) is 0 Å². The molecular formula is C17H15KN2O7S. The van der Waals surface area contributed by atoms with Gasteiger partial charge in [0.2, 0.25) is 5.91 Å². The van der Waals surface area contributed by atoms with Gasteiger partial charge in [-0.1, -0.05) is 30.3 Å². The first-order chi connectivity index (χ1) is 12.9. The van der Waals surface area contributed by atoms with Gasteiger partial charge in [0.1, 0.15) is 11.4 Å². The molecule has 142 valence electrons. The monoisotopic (exact) mass is 430 g/mol. The summed E-state index contributed by atoms with van der Waals surface area (Å²) in [4.78, 5) is 48.7. The quantitative estimate of drug-likeness (QED) is 0.232. The number of β-lactam (4-membered cyclic amide) rings is 1. The molecule has 0 aliphatic carbocycles. The average molecular weight is 430 g/mol. The van der Waals surface area contributed by atoms with Crippen molar-refractivity contribution < 1.29 is 85.9 Å². The Kier molecular flexibility index (Phi) is 7.85. The number of carboxylic acid groups (broad SMARTS) is 2. The summed E-state index contributed by atoms with van der Waals surface area (Å²) in [6.45, 7) is -0.529. The molecule has 3 N–H and O–H groups in total. The van der Waals surface area contributed by atoms with Crippen LogP contribution in [-0.2, 0) is 19.2 Å². The normalized spacial score (nSPS) is 21.8. The fourth-order valence-electron chi connectivity index (χ4n) is 3.08. The van der Waals surface area contributed by atoms with Crippen LogP contribution in [-0.4, -0.2) is 62.6 Å². The summed E-state index contributed by atoms with van der Waals surface area (Å²) in [7, 11) is 0. The van der Waals surface area contributed by atoms with Crippen molar-refractivity contribution in [1.82, 2.24) is 10.2 Å². The molecule has 1 aromatic carbocycles. The minimum atomic E-state index is -1.59. The second-order valence-corrected chi connectivity index (χ2v) is 7.08. The van der Waals surface area contributed by atoms with E-state index in [1.54, 1.807) is 18.2 Å². The first-order valence-electron chi connectivity index (χ1n) is 7.93. The molecule has 0 radical (unpaired) electrons. The number of rotatable bonds is 6. The summed E-state index contributed by atoms with van der Waals surface area (Å²) >= 11 is 1.17. The fraction of sp³-hybridized carbons (Fsp3) is 0.294. The van der Waals surface area contributed by atoms with Crippen LogP contribution < -0.4 is 61.8 Å². The summed E-state index contributed by atoms with van der Waals surface area (Å²) in [6.07, 6.45) is 0. The van der Waals surface area contributed by atoms with E-state index < -0.39 is 53.4 Å². The van der Waals surface area contributed by atoms with E-state index in [4.69, 9.17) is 0 Å². The van der Waals surface area contributed by atoms with E-state index in [1.807, 2.05) is 0 Å². The number of amides is 2. The van der Waals surface area contributed by atoms with Crippen molar-refractivity contribution in [3.63, 3.8) is 0 Å². The summed E-state index contributed by atoms with van der Waals surface area (Å²) < 4.78 is 0. The molecule has 11 heteroatoms. The molecule has 1 saturated heterocycles. The van der Waals surface area contributed by atoms with E-state index in [-0.39, 0.29) is 68.3 Å². The second-order valence-electron chi connectivity index (χ2n) is 5.98. The number of aliphatic carboxylic acids is 2. The third kappa shape index (κ3) is 4.20. The van der Waals surface area contributed by atoms with Crippen LogP contribution in [0.4, 0.5) is 0 Å². The Morgan fingerprint density at radius 1 is 1.29 bits per heavy atom. The van der Waals surface area contributed by atoms with Crippen LogP contribution in [0.3, 0.4) is 0 Å². The predicted molar refractivity (Wildman–Crippen MR) is 91.0 cm³/mol. The van der Waals surface area contributed by atoms with Crippen LogP contribution in [0.1, 0.15) is 11.5 Å². The number of thioether (sulfide) groups is 1. The van der Waals surface area contributed by atoms with Crippen LogP contribution >= 0.6 is 11.8 Å². The van der Waals surface area contributed by atoms with Gasteiger partial charge in [-0.05, 0) is 11.1 Å². The number of fused-ring (bicyclic) bond motifs is 1. The first-order valence-corrected chi connectivity index (χ1v) is 8.98. The zero-order valence-electron chi connectivity index (χ0n) is 14.8. The molecule has 1 fully saturated rings. The summed E-state index contributed by atoms with van der Waals surface area (Å²) in [5.74, 6) is -5.85. The number of aliphatic hydroxyl groups is 1. The van der Waals surface area contributed by atoms with Crippen LogP contribution in [0.15, 0.2) is 41.6 Å². The van der Waals surface area contributed by atoms with Gasteiger partial charge in [-0.15, -0.1) is 11.8 Å². The fourth-order valence-corrected chi connectivity index (χ4v) is 4.42. The predicted octanol–water partition coefficient (Wildman–Crippen LogP) is -4.74. The van der Waals surface area contributed by atoms with Gasteiger partial charge in [-0.3, -0.25) is 19.3 Å². The molecule has 9 nitrogen and oxygen atoms in total. The molecule has 0 saturated carbocycles. The Balaban J connectivity index is 0.00000280. The largest absolute Gasteiger partial charge is 1.00 e. The van der Waals surface area contributed by atoms with Crippen molar-refractivity contribution in [1.29, 1.82) is 0 Å². The van der Waals surface area contributed by atoms with Gasteiger partial charge >= 0.3 is 57.4 Å². The summed E-state index contributed by atoms with van der Waals surface area (Å²) in [5.41, 5.74) is 0.0250. The van der Waals surface area contributed by atoms with Crippen LogP contribution in [0, 0.1) is 0 Å². The molecule has 2 aliphatic rings. The van der Waals surface area contributed by atoms with Gasteiger partial charge in [0.25, 0.3) is 5.91 Å². The van der Waals surface area contributed by atoms with Gasteiger partial charge in [0.05, 0.1) is 18.3 Å². The van der Waals surface area contributed by atoms with Gasteiger partial charge < -0.3 is 25.4 Å². The Bertz CT molecular complexity index is 845. The Hall–Kier alpha value is -1.21. The maximum absolute atomic E-state index is 12.5. The maximum atomic E-state index is 12.5. The van der Waals surface area contributed by atoms with E-state index >= 15 is 0 Å². The number of carbonyl (C=O) groups excluding carboxylic acids is 3. The Morgan fingerprint density at radius 3 is 2.46 bits per heavy atom. The number of hydrogen-bond acceptors (Lipinski definition) is 7.